The standard InChI is InChI=1S/C49H31N7O/c1-50-42-23-13-11-21-40(42)33-25-27-37(28-26-33)48-54-46(36-19-9-4-10-20-36)55-49(56-48)41-22-12-14-24-43(41)57-39-31-29-38(30-32-39)47-52-44(34-15-5-2-6-16-34)51-45(53-47)35-17-7-3-8-18-35/h2-32H. The number of hydrogen-bond donors (Lipinski definition) is 0. The van der Waals surface area contributed by atoms with Crippen LogP contribution in [0.5, 0.6) is 11.5 Å². The highest BCUT2D eigenvalue weighted by Gasteiger charge is 2.17. The van der Waals surface area contributed by atoms with Gasteiger partial charge in [-0.3, -0.25) is 0 Å². The van der Waals surface area contributed by atoms with Crippen LogP contribution in [0.15, 0.2) is 188 Å². The third-order valence-electron chi connectivity index (χ3n) is 9.31. The first-order valence-electron chi connectivity index (χ1n) is 18.3. The van der Waals surface area contributed by atoms with Gasteiger partial charge < -0.3 is 4.74 Å². The molecule has 9 aromatic rings. The van der Waals surface area contributed by atoms with E-state index in [2.05, 4.69) is 4.85 Å². The lowest BCUT2D eigenvalue weighted by molar-refractivity contribution is 0.484. The highest BCUT2D eigenvalue weighted by atomic mass is 16.5. The molecule has 9 rings (SSSR count). The first kappa shape index (κ1) is 34.6. The number of benzene rings is 7. The molecule has 0 radical (unpaired) electrons. The van der Waals surface area contributed by atoms with Gasteiger partial charge in [0.25, 0.3) is 0 Å². The molecule has 0 spiro atoms. The first-order chi connectivity index (χ1) is 28.2. The lowest BCUT2D eigenvalue weighted by Gasteiger charge is -2.13. The fourth-order valence-corrected chi connectivity index (χ4v) is 6.43. The van der Waals surface area contributed by atoms with E-state index in [0.717, 1.165) is 38.9 Å². The van der Waals surface area contributed by atoms with Gasteiger partial charge in [-0.2, -0.15) is 0 Å². The van der Waals surface area contributed by atoms with Crippen molar-refractivity contribution in [1.29, 1.82) is 0 Å². The molecule has 57 heavy (non-hydrogen) atoms. The van der Waals surface area contributed by atoms with Crippen molar-refractivity contribution in [2.45, 2.75) is 0 Å². The van der Waals surface area contributed by atoms with Crippen LogP contribution in [0.1, 0.15) is 0 Å². The second-order valence-corrected chi connectivity index (χ2v) is 13.0. The molecule has 0 aliphatic rings. The summed E-state index contributed by atoms with van der Waals surface area (Å²) in [7, 11) is 0. The fraction of sp³-hybridized carbons (Fsp3) is 0. The molecule has 0 amide bonds. The minimum absolute atomic E-state index is 0.473. The number of para-hydroxylation sites is 2. The van der Waals surface area contributed by atoms with E-state index >= 15 is 0 Å². The molecule has 8 heteroatoms. The van der Waals surface area contributed by atoms with E-state index in [1.807, 2.05) is 188 Å². The molecule has 0 N–H and O–H groups in total. The SMILES string of the molecule is [C-]#[N+]c1ccccc1-c1ccc(-c2nc(-c3ccccc3)nc(-c3ccccc3Oc3ccc(-c4nc(-c5ccccc5)nc(-c5ccccc5)n4)cc3)n2)cc1. The second kappa shape index (κ2) is 15.7. The van der Waals surface area contributed by atoms with E-state index in [4.69, 9.17) is 41.2 Å². The van der Waals surface area contributed by atoms with Crippen molar-refractivity contribution >= 4 is 5.69 Å². The highest BCUT2D eigenvalue weighted by Crippen LogP contribution is 2.36. The van der Waals surface area contributed by atoms with Crippen molar-refractivity contribution in [3.63, 3.8) is 0 Å². The minimum Gasteiger partial charge on any atom is -0.457 e. The van der Waals surface area contributed by atoms with Gasteiger partial charge in [0.05, 0.1) is 12.1 Å². The van der Waals surface area contributed by atoms with Crippen molar-refractivity contribution in [3.8, 4) is 91.0 Å². The molecule has 0 saturated carbocycles. The highest BCUT2D eigenvalue weighted by molar-refractivity contribution is 5.80. The Hall–Kier alpha value is -8.15. The van der Waals surface area contributed by atoms with Gasteiger partial charge in [0.15, 0.2) is 40.6 Å². The van der Waals surface area contributed by atoms with Crippen LogP contribution in [0, 0.1) is 6.57 Å². The Balaban J connectivity index is 1.05. The zero-order chi connectivity index (χ0) is 38.4. The van der Waals surface area contributed by atoms with Crippen LogP contribution < -0.4 is 4.74 Å². The Morgan fingerprint density at radius 3 is 1.14 bits per heavy atom. The van der Waals surface area contributed by atoms with Crippen LogP contribution in [-0.2, 0) is 0 Å². The number of nitrogens with zero attached hydrogens (tertiary/aromatic N) is 7. The van der Waals surface area contributed by atoms with Crippen molar-refractivity contribution < 1.29 is 4.74 Å². The summed E-state index contributed by atoms with van der Waals surface area (Å²) < 4.78 is 6.54. The van der Waals surface area contributed by atoms with E-state index < -0.39 is 0 Å². The summed E-state index contributed by atoms with van der Waals surface area (Å²) in [6.07, 6.45) is 0. The smallest absolute Gasteiger partial charge is 0.194 e. The van der Waals surface area contributed by atoms with Crippen molar-refractivity contribution in [3.05, 3.63) is 199 Å². The van der Waals surface area contributed by atoms with E-state index in [1.54, 1.807) is 0 Å². The van der Waals surface area contributed by atoms with Gasteiger partial charge in [-0.25, -0.2) is 34.7 Å². The summed E-state index contributed by atoms with van der Waals surface area (Å²) in [6, 6.07) is 60.6. The largest absolute Gasteiger partial charge is 0.457 e. The third kappa shape index (κ3) is 7.49. The normalized spacial score (nSPS) is 10.8. The summed E-state index contributed by atoms with van der Waals surface area (Å²) in [5, 5.41) is 0. The van der Waals surface area contributed by atoms with Crippen molar-refractivity contribution in [1.82, 2.24) is 29.9 Å². The van der Waals surface area contributed by atoms with Crippen LogP contribution in [-0.4, -0.2) is 29.9 Å². The van der Waals surface area contributed by atoms with Gasteiger partial charge in [0.1, 0.15) is 11.5 Å². The lowest BCUT2D eigenvalue weighted by atomic mass is 10.0. The zero-order valence-corrected chi connectivity index (χ0v) is 30.4. The lowest BCUT2D eigenvalue weighted by Crippen LogP contribution is -2.01. The summed E-state index contributed by atoms with van der Waals surface area (Å²) >= 11 is 0. The third-order valence-corrected chi connectivity index (χ3v) is 9.31. The van der Waals surface area contributed by atoms with E-state index in [0.29, 0.717) is 57.7 Å². The Labute approximate surface area is 329 Å². The summed E-state index contributed by atoms with van der Waals surface area (Å²) in [6.45, 7) is 7.60. The number of aromatic nitrogens is 6. The molecular formula is C49H31N7O. The summed E-state index contributed by atoms with van der Waals surface area (Å²) in [5.41, 5.74) is 7.45. The van der Waals surface area contributed by atoms with E-state index in [1.165, 1.54) is 0 Å². The summed E-state index contributed by atoms with van der Waals surface area (Å²) in [5.74, 6) is 4.50. The van der Waals surface area contributed by atoms with E-state index in [-0.39, 0.29) is 0 Å². The molecule has 2 heterocycles. The Morgan fingerprint density at radius 2 is 0.667 bits per heavy atom. The minimum atomic E-state index is 0.473. The quantitative estimate of drug-likeness (QED) is 0.136. The summed E-state index contributed by atoms with van der Waals surface area (Å²) in [4.78, 5) is 33.1. The molecule has 0 saturated heterocycles. The Bertz CT molecular complexity index is 2800. The Kier molecular flexibility index (Phi) is 9.52. The average Bonchev–Trinajstić information content (AvgIpc) is 3.30. The molecule has 8 nitrogen and oxygen atoms in total. The van der Waals surface area contributed by atoms with Crippen molar-refractivity contribution in [2.75, 3.05) is 0 Å². The molecular weight excluding hydrogens is 703 g/mol. The molecule has 7 aromatic carbocycles. The van der Waals surface area contributed by atoms with Crippen LogP contribution in [0.3, 0.4) is 0 Å². The maximum Gasteiger partial charge on any atom is 0.194 e. The fourth-order valence-electron chi connectivity index (χ4n) is 6.43. The predicted molar refractivity (Wildman–Crippen MR) is 224 cm³/mol. The first-order valence-corrected chi connectivity index (χ1v) is 18.3. The van der Waals surface area contributed by atoms with Crippen LogP contribution >= 0.6 is 0 Å². The number of rotatable bonds is 9. The number of hydrogen-bond acceptors (Lipinski definition) is 7. The maximum absolute atomic E-state index is 7.60. The van der Waals surface area contributed by atoms with E-state index in [9.17, 15) is 0 Å². The molecule has 268 valence electrons. The number of ether oxygens (including phenoxy) is 1. The molecule has 2 aromatic heterocycles. The van der Waals surface area contributed by atoms with Crippen LogP contribution in [0.25, 0.3) is 84.3 Å². The topological polar surface area (TPSA) is 90.9 Å². The van der Waals surface area contributed by atoms with Gasteiger partial charge in [-0.15, -0.1) is 0 Å². The van der Waals surface area contributed by atoms with Gasteiger partial charge in [0.2, 0.25) is 0 Å². The Morgan fingerprint density at radius 1 is 0.316 bits per heavy atom. The van der Waals surface area contributed by atoms with Gasteiger partial charge in [0, 0.05) is 27.8 Å². The molecule has 0 atom stereocenters. The monoisotopic (exact) mass is 733 g/mol. The molecule has 0 aliphatic carbocycles. The second-order valence-electron chi connectivity index (χ2n) is 13.0. The molecule has 0 bridgehead atoms. The molecule has 0 fully saturated rings. The van der Waals surface area contributed by atoms with Crippen LogP contribution in [0.4, 0.5) is 5.69 Å². The molecule has 0 unspecified atom stereocenters. The van der Waals surface area contributed by atoms with Crippen LogP contribution in [0.2, 0.25) is 0 Å². The predicted octanol–water partition coefficient (Wildman–Crippen LogP) is 12.1. The van der Waals surface area contributed by atoms with Crippen molar-refractivity contribution in [2.24, 2.45) is 0 Å². The maximum atomic E-state index is 7.60. The van der Waals surface area contributed by atoms with Gasteiger partial charge in [-0.05, 0) is 47.5 Å². The van der Waals surface area contributed by atoms with Gasteiger partial charge >= 0.3 is 0 Å². The average molecular weight is 734 g/mol. The zero-order valence-electron chi connectivity index (χ0n) is 30.4. The van der Waals surface area contributed by atoms with Gasteiger partial charge in [-0.1, -0.05) is 152 Å². The molecule has 0 aliphatic heterocycles.